The molecule has 0 amide bonds. The molecule has 23 heavy (non-hydrogen) atoms. The average Bonchev–Trinajstić information content (AvgIpc) is 2.52. The Morgan fingerprint density at radius 3 is 2.39 bits per heavy atom. The number of hydrogen-bond acceptors (Lipinski definition) is 4. The number of carbonyl (C=O) groups excluding carboxylic acids is 1. The Morgan fingerprint density at radius 2 is 1.91 bits per heavy atom. The van der Waals surface area contributed by atoms with Crippen LogP contribution in [0.5, 0.6) is 0 Å². The third kappa shape index (κ3) is 6.09. The molecular formula is C16H18F3NO2S. The van der Waals surface area contributed by atoms with Gasteiger partial charge < -0.3 is 4.74 Å². The quantitative estimate of drug-likeness (QED) is 0.259. The van der Waals surface area contributed by atoms with Gasteiger partial charge in [0, 0.05) is 5.56 Å². The van der Waals surface area contributed by atoms with E-state index in [0.717, 1.165) is 36.7 Å². The number of carbonyl (C=O) groups is 1. The third-order valence-corrected chi connectivity index (χ3v) is 3.95. The topological polar surface area (TPSA) is 50.2 Å². The van der Waals surface area contributed by atoms with Crippen LogP contribution in [0.4, 0.5) is 13.2 Å². The molecule has 0 saturated heterocycles. The van der Waals surface area contributed by atoms with Gasteiger partial charge in [-0.2, -0.15) is 13.2 Å². The Labute approximate surface area is 137 Å². The van der Waals surface area contributed by atoms with Gasteiger partial charge in [-0.25, -0.2) is 4.79 Å². The number of methoxy groups -OCH3 is 1. The Bertz CT molecular complexity index is 580. The van der Waals surface area contributed by atoms with Gasteiger partial charge in [0.15, 0.2) is 0 Å². The molecule has 0 atom stereocenters. The molecule has 1 rings (SSSR count). The van der Waals surface area contributed by atoms with Crippen molar-refractivity contribution in [3.8, 4) is 0 Å². The fourth-order valence-corrected chi connectivity index (χ4v) is 2.53. The highest BCUT2D eigenvalue weighted by molar-refractivity contribution is 8.18. The first-order chi connectivity index (χ1) is 10.8. The van der Waals surface area contributed by atoms with E-state index in [1.54, 1.807) is 6.08 Å². The molecule has 1 aromatic carbocycles. The van der Waals surface area contributed by atoms with Crippen molar-refractivity contribution >= 4 is 22.8 Å². The smallest absolute Gasteiger partial charge is 0.416 e. The highest BCUT2D eigenvalue weighted by Crippen LogP contribution is 2.30. The van der Waals surface area contributed by atoms with Crippen molar-refractivity contribution < 1.29 is 22.7 Å². The molecule has 0 saturated carbocycles. The minimum atomic E-state index is -4.41. The number of allylic oxidation sites excluding steroid dienone is 1. The van der Waals surface area contributed by atoms with Crippen molar-refractivity contribution in [2.24, 2.45) is 0 Å². The van der Waals surface area contributed by atoms with Crippen molar-refractivity contribution in [2.45, 2.75) is 32.4 Å². The van der Waals surface area contributed by atoms with Crippen LogP contribution in [0.15, 0.2) is 35.2 Å². The molecule has 0 aliphatic carbocycles. The molecule has 0 unspecified atom stereocenters. The van der Waals surface area contributed by atoms with E-state index in [9.17, 15) is 18.0 Å². The summed E-state index contributed by atoms with van der Waals surface area (Å²) >= 11 is 0.883. The second-order valence-electron chi connectivity index (χ2n) is 4.71. The number of rotatable bonds is 6. The van der Waals surface area contributed by atoms with E-state index in [1.807, 2.05) is 6.92 Å². The lowest BCUT2D eigenvalue weighted by Gasteiger charge is -2.09. The van der Waals surface area contributed by atoms with Crippen LogP contribution in [0.25, 0.3) is 0 Å². The highest BCUT2D eigenvalue weighted by atomic mass is 32.2. The van der Waals surface area contributed by atoms with Gasteiger partial charge in [0.2, 0.25) is 0 Å². The van der Waals surface area contributed by atoms with E-state index in [-0.39, 0.29) is 9.95 Å². The van der Waals surface area contributed by atoms with Crippen LogP contribution in [0.1, 0.15) is 37.3 Å². The Balaban J connectivity index is 2.86. The van der Waals surface area contributed by atoms with Crippen molar-refractivity contribution in [3.05, 3.63) is 46.4 Å². The zero-order valence-corrected chi connectivity index (χ0v) is 13.7. The normalized spacial score (nSPS) is 12.1. The summed E-state index contributed by atoms with van der Waals surface area (Å²) in [6.07, 6.45) is -0.182. The fraction of sp³-hybridized carbons (Fsp3) is 0.375. The van der Waals surface area contributed by atoms with Gasteiger partial charge in [0.25, 0.3) is 0 Å². The summed E-state index contributed by atoms with van der Waals surface area (Å²) in [5.41, 5.74) is -0.459. The van der Waals surface area contributed by atoms with Crippen LogP contribution >= 0.6 is 11.8 Å². The lowest BCUT2D eigenvalue weighted by atomic mass is 10.1. The van der Waals surface area contributed by atoms with Crippen molar-refractivity contribution in [1.29, 1.82) is 5.41 Å². The molecule has 0 heterocycles. The van der Waals surface area contributed by atoms with E-state index in [4.69, 9.17) is 5.41 Å². The van der Waals surface area contributed by atoms with Gasteiger partial charge in [-0.15, -0.1) is 0 Å². The molecule has 126 valence electrons. The SMILES string of the molecule is CCCC/C=C(/SC(=N)c1ccc(C(F)(F)F)cc1)C(=O)OC. The average molecular weight is 345 g/mol. The number of esters is 1. The number of unbranched alkanes of at least 4 members (excludes halogenated alkanes) is 2. The molecule has 1 aromatic rings. The van der Waals surface area contributed by atoms with Crippen LogP contribution in [0.3, 0.4) is 0 Å². The van der Waals surface area contributed by atoms with E-state index in [2.05, 4.69) is 4.74 Å². The summed E-state index contributed by atoms with van der Waals surface area (Å²) in [4.78, 5) is 12.0. The van der Waals surface area contributed by atoms with Crippen molar-refractivity contribution in [1.82, 2.24) is 0 Å². The number of benzene rings is 1. The summed E-state index contributed by atoms with van der Waals surface area (Å²) in [7, 11) is 1.25. The maximum absolute atomic E-state index is 12.5. The standard InChI is InChI=1S/C16H18F3NO2S/c1-3-4-5-6-13(15(21)22-2)23-14(20)11-7-9-12(10-8-11)16(17,18)19/h6-10,20H,3-5H2,1-2H3/b13-6+,20-14?. The van der Waals surface area contributed by atoms with Crippen molar-refractivity contribution in [3.63, 3.8) is 0 Å². The van der Waals surface area contributed by atoms with Gasteiger partial charge in [0.1, 0.15) is 0 Å². The Hall–Kier alpha value is -1.76. The second-order valence-corrected chi connectivity index (χ2v) is 5.76. The van der Waals surface area contributed by atoms with E-state index >= 15 is 0 Å². The van der Waals surface area contributed by atoms with E-state index in [0.29, 0.717) is 12.0 Å². The van der Waals surface area contributed by atoms with Crippen LogP contribution in [-0.2, 0) is 15.7 Å². The molecule has 3 nitrogen and oxygen atoms in total. The molecular weight excluding hydrogens is 327 g/mol. The molecule has 1 N–H and O–H groups in total. The van der Waals surface area contributed by atoms with Crippen LogP contribution < -0.4 is 0 Å². The maximum Gasteiger partial charge on any atom is 0.416 e. The number of thioether (sulfide) groups is 1. The number of ether oxygens (including phenoxy) is 1. The molecule has 0 spiro atoms. The summed E-state index contributed by atoms with van der Waals surface area (Å²) in [5, 5.41) is 7.96. The first-order valence-electron chi connectivity index (χ1n) is 7.02. The molecule has 7 heteroatoms. The second kappa shape index (κ2) is 8.76. The number of nitrogens with one attached hydrogen (secondary N) is 1. The number of alkyl halides is 3. The first-order valence-corrected chi connectivity index (χ1v) is 7.83. The minimum absolute atomic E-state index is 0.00753. The lowest BCUT2D eigenvalue weighted by Crippen LogP contribution is -2.07. The van der Waals surface area contributed by atoms with Crippen LogP contribution in [-0.4, -0.2) is 18.1 Å². The highest BCUT2D eigenvalue weighted by Gasteiger charge is 2.30. The van der Waals surface area contributed by atoms with E-state index in [1.165, 1.54) is 19.2 Å². The summed E-state index contributed by atoms with van der Waals surface area (Å²) in [6.45, 7) is 2.02. The summed E-state index contributed by atoms with van der Waals surface area (Å²) in [6, 6.07) is 4.28. The summed E-state index contributed by atoms with van der Waals surface area (Å²) < 4.78 is 42.2. The van der Waals surface area contributed by atoms with Gasteiger partial charge in [-0.1, -0.05) is 49.7 Å². The van der Waals surface area contributed by atoms with E-state index < -0.39 is 17.7 Å². The minimum Gasteiger partial charge on any atom is -0.465 e. The maximum atomic E-state index is 12.5. The molecule has 0 bridgehead atoms. The van der Waals surface area contributed by atoms with Gasteiger partial charge in [0.05, 0.1) is 22.6 Å². The molecule has 0 aromatic heterocycles. The zero-order valence-electron chi connectivity index (χ0n) is 12.9. The van der Waals surface area contributed by atoms with Gasteiger partial charge in [-0.3, -0.25) is 5.41 Å². The lowest BCUT2D eigenvalue weighted by molar-refractivity contribution is -0.137. The van der Waals surface area contributed by atoms with Gasteiger partial charge >= 0.3 is 12.1 Å². The predicted octanol–water partition coefficient (Wildman–Crippen LogP) is 5.01. The largest absolute Gasteiger partial charge is 0.465 e. The molecule has 0 aliphatic rings. The monoisotopic (exact) mass is 345 g/mol. The van der Waals surface area contributed by atoms with Gasteiger partial charge in [-0.05, 0) is 18.6 Å². The molecule has 0 fully saturated rings. The Morgan fingerprint density at radius 1 is 1.30 bits per heavy atom. The molecule has 0 radical (unpaired) electrons. The Kier molecular flexibility index (Phi) is 7.35. The summed E-state index contributed by atoms with van der Waals surface area (Å²) in [5.74, 6) is -0.553. The predicted molar refractivity (Wildman–Crippen MR) is 85.5 cm³/mol. The van der Waals surface area contributed by atoms with Crippen LogP contribution in [0.2, 0.25) is 0 Å². The third-order valence-electron chi connectivity index (χ3n) is 2.96. The fourth-order valence-electron chi connectivity index (χ4n) is 1.68. The van der Waals surface area contributed by atoms with Crippen LogP contribution in [0, 0.1) is 5.41 Å². The molecule has 0 aliphatic heterocycles. The van der Waals surface area contributed by atoms with Crippen molar-refractivity contribution in [2.75, 3.05) is 7.11 Å². The zero-order chi connectivity index (χ0) is 17.5. The first kappa shape index (κ1) is 19.3. The number of hydrogen-bond donors (Lipinski definition) is 1. The number of halogens is 3.